The van der Waals surface area contributed by atoms with Crippen molar-refractivity contribution in [2.75, 3.05) is 19.8 Å². The summed E-state index contributed by atoms with van der Waals surface area (Å²) in [7, 11) is 0. The zero-order valence-electron chi connectivity index (χ0n) is 11.3. The van der Waals surface area contributed by atoms with Crippen LogP contribution in [0.3, 0.4) is 0 Å². The number of hydrogen-bond donors (Lipinski definition) is 1. The van der Waals surface area contributed by atoms with E-state index >= 15 is 0 Å². The Morgan fingerprint density at radius 2 is 1.38 bits per heavy atom. The summed E-state index contributed by atoms with van der Waals surface area (Å²) >= 11 is 0.115. The first-order valence-electron chi connectivity index (χ1n) is 6.31. The van der Waals surface area contributed by atoms with Crippen LogP contribution < -0.4 is 15.9 Å². The summed E-state index contributed by atoms with van der Waals surface area (Å²) in [5.74, 6) is 0. The van der Waals surface area contributed by atoms with Gasteiger partial charge in [0, 0.05) is 0 Å². The van der Waals surface area contributed by atoms with Gasteiger partial charge in [-0.15, -0.1) is 13.2 Å². The van der Waals surface area contributed by atoms with E-state index in [0.29, 0.717) is 0 Å². The molecule has 3 nitrogen and oxygen atoms in total. The van der Waals surface area contributed by atoms with E-state index in [1.165, 1.54) is 21.7 Å². The molecule has 0 aromatic carbocycles. The first kappa shape index (κ1) is 21.9. The van der Waals surface area contributed by atoms with Crippen molar-refractivity contribution in [1.29, 1.82) is 0 Å². The normalized spacial score (nSPS) is 8.12. The van der Waals surface area contributed by atoms with Crippen molar-refractivity contribution in [3.63, 3.8) is 0 Å². The van der Waals surface area contributed by atoms with Crippen molar-refractivity contribution in [1.82, 2.24) is 0 Å². The fourth-order valence-electron chi connectivity index (χ4n) is 0.571. The predicted molar refractivity (Wildman–Crippen MR) is 69.6 cm³/mol. The molecule has 2 N–H and O–H groups in total. The van der Waals surface area contributed by atoms with Gasteiger partial charge in [-0.05, 0) is 0 Å². The molecule has 98 valence electrons. The zero-order valence-corrected chi connectivity index (χ0v) is 14.1. The third-order valence-corrected chi connectivity index (χ3v) is 4.91. The second-order valence-electron chi connectivity index (χ2n) is 3.26. The van der Waals surface area contributed by atoms with Crippen molar-refractivity contribution < 1.29 is 10.2 Å². The molecule has 0 rings (SSSR count). The van der Waals surface area contributed by atoms with Crippen LogP contribution >= 0.6 is 0 Å². The van der Waals surface area contributed by atoms with Gasteiger partial charge >= 0.3 is 62.1 Å². The Kier molecular flexibility index (Phi) is 40.6. The molecule has 0 heterocycles. The van der Waals surface area contributed by atoms with Gasteiger partial charge in [-0.1, -0.05) is 26.7 Å². The van der Waals surface area contributed by atoms with Crippen LogP contribution in [-0.2, 0) is 0 Å². The Hall–Kier alpha value is 0.679. The molecule has 0 aliphatic heterocycles. The van der Waals surface area contributed by atoms with Gasteiger partial charge in [-0.3, -0.25) is 0 Å². The zero-order chi connectivity index (χ0) is 13.1. The Morgan fingerprint density at radius 1 is 0.938 bits per heavy atom. The molecule has 0 radical (unpaired) electrons. The van der Waals surface area contributed by atoms with Crippen LogP contribution in [0.5, 0.6) is 0 Å². The monoisotopic (exact) mass is 339 g/mol. The fraction of sp³-hybridized carbons (Fsp3) is 1.00. The molecule has 0 fully saturated rings. The van der Waals surface area contributed by atoms with Gasteiger partial charge in [0.2, 0.25) is 0 Å². The molecule has 0 aliphatic rings. The van der Waals surface area contributed by atoms with Gasteiger partial charge in [-0.25, -0.2) is 0 Å². The van der Waals surface area contributed by atoms with Crippen molar-refractivity contribution in [2.45, 2.75) is 55.3 Å². The minimum atomic E-state index is 0.0694. The van der Waals surface area contributed by atoms with Crippen LogP contribution in [0.1, 0.15) is 46.5 Å². The molecule has 0 spiro atoms. The van der Waals surface area contributed by atoms with E-state index in [0.717, 1.165) is 19.4 Å². The average Bonchev–Trinajstić information content (AvgIpc) is 2.35. The molecule has 0 aromatic rings. The molecule has 0 aromatic heterocycles. The van der Waals surface area contributed by atoms with Crippen molar-refractivity contribution >= 4 is 21.1 Å². The standard InChI is InChI=1S/C4H10N.2C3H7O.C2H5.Sn/c1-2-3-4-5;2*1-2-3-4;1-2;/h1-5H2;2*2-3H2,1H3;1H2,2H3;/q;2*-1;;+2. The average molecular weight is 338 g/mol. The van der Waals surface area contributed by atoms with Crippen LogP contribution in [0.15, 0.2) is 0 Å². The molecule has 0 aliphatic carbocycles. The van der Waals surface area contributed by atoms with Crippen molar-refractivity contribution in [2.24, 2.45) is 5.73 Å². The van der Waals surface area contributed by atoms with Gasteiger partial charge in [0.25, 0.3) is 0 Å². The summed E-state index contributed by atoms with van der Waals surface area (Å²) in [6.45, 7) is 7.07. The third-order valence-electron chi connectivity index (χ3n) is 1.47. The first-order valence-corrected chi connectivity index (χ1v) is 10.4. The number of unbranched alkanes of at least 4 members (excludes halogenated alkanes) is 1. The molecule has 0 atom stereocenters. The van der Waals surface area contributed by atoms with E-state index in [-0.39, 0.29) is 34.4 Å². The van der Waals surface area contributed by atoms with E-state index in [4.69, 9.17) is 5.73 Å². The van der Waals surface area contributed by atoms with E-state index in [2.05, 4.69) is 6.92 Å². The molecule has 0 unspecified atom stereocenters. The van der Waals surface area contributed by atoms with Crippen molar-refractivity contribution in [3.05, 3.63) is 0 Å². The van der Waals surface area contributed by atoms with E-state index < -0.39 is 0 Å². The number of hydrogen-bond acceptors (Lipinski definition) is 3. The van der Waals surface area contributed by atoms with Gasteiger partial charge in [-0.2, -0.15) is 0 Å². The number of rotatable bonds is 7. The maximum atomic E-state index is 9.30. The Morgan fingerprint density at radius 3 is 1.62 bits per heavy atom. The number of nitrogens with two attached hydrogens (primary N) is 1. The van der Waals surface area contributed by atoms with Crippen LogP contribution in [-0.4, -0.2) is 40.9 Å². The Bertz CT molecular complexity index is 71.4. The quantitative estimate of drug-likeness (QED) is 0.551. The molecule has 16 heavy (non-hydrogen) atoms. The Balaban J connectivity index is -0.000000179. The second-order valence-corrected chi connectivity index (χ2v) is 8.13. The second kappa shape index (κ2) is 29.6. The molecular formula is C12H29NO2Sn. The van der Waals surface area contributed by atoms with Crippen LogP contribution in [0.25, 0.3) is 0 Å². The van der Waals surface area contributed by atoms with Gasteiger partial charge in [0.05, 0.1) is 0 Å². The molecular weight excluding hydrogens is 309 g/mol. The maximum absolute atomic E-state index is 9.30. The van der Waals surface area contributed by atoms with E-state index in [1.54, 1.807) is 0 Å². The summed E-state index contributed by atoms with van der Waals surface area (Å²) in [5.41, 5.74) is 5.33. The van der Waals surface area contributed by atoms with E-state index in [1.807, 2.05) is 13.8 Å². The third kappa shape index (κ3) is 46.6. The summed E-state index contributed by atoms with van der Waals surface area (Å²) in [6, 6.07) is 0. The molecule has 0 saturated heterocycles. The minimum absolute atomic E-state index is 0.0694. The predicted octanol–water partition coefficient (Wildman–Crippen LogP) is 0.799. The first-order chi connectivity index (χ1) is 7.74. The summed E-state index contributed by atoms with van der Waals surface area (Å²) < 4.78 is 3.03. The van der Waals surface area contributed by atoms with Crippen LogP contribution in [0.2, 0.25) is 8.87 Å². The van der Waals surface area contributed by atoms with Crippen molar-refractivity contribution in [3.8, 4) is 0 Å². The molecule has 4 heteroatoms. The van der Waals surface area contributed by atoms with Gasteiger partial charge < -0.3 is 10.2 Å². The van der Waals surface area contributed by atoms with Gasteiger partial charge in [0.15, 0.2) is 0 Å². The SMILES string of the molecule is CCC[O-].CCC[O-].C[CH2][Sn+2][CH2]CCCN. The summed E-state index contributed by atoms with van der Waals surface area (Å²) in [5, 5.41) is 18.6. The molecule has 0 saturated carbocycles. The molecule has 0 bridgehead atoms. The topological polar surface area (TPSA) is 72.1 Å². The fourth-order valence-corrected chi connectivity index (χ4v) is 3.01. The van der Waals surface area contributed by atoms with Gasteiger partial charge in [0.1, 0.15) is 0 Å². The van der Waals surface area contributed by atoms with Crippen LogP contribution in [0.4, 0.5) is 0 Å². The molecule has 0 amide bonds. The Labute approximate surface area is 112 Å². The summed E-state index contributed by atoms with van der Waals surface area (Å²) in [4.78, 5) is 0. The summed E-state index contributed by atoms with van der Waals surface area (Å²) in [6.07, 6.45) is 4.18. The van der Waals surface area contributed by atoms with E-state index in [9.17, 15) is 10.2 Å². The van der Waals surface area contributed by atoms with Crippen LogP contribution in [0, 0.1) is 0 Å².